The first-order chi connectivity index (χ1) is 9.13. The van der Waals surface area contributed by atoms with Crippen molar-refractivity contribution in [3.8, 4) is 11.6 Å². The fourth-order valence-electron chi connectivity index (χ4n) is 1.58. The summed E-state index contributed by atoms with van der Waals surface area (Å²) >= 11 is 4.61. The smallest absolute Gasteiger partial charge is 0.233 e. The molecule has 0 atom stereocenters. The molecule has 3 aromatic rings. The molecule has 0 radical (unpaired) electrons. The Kier molecular flexibility index (Phi) is 3.08. The van der Waals surface area contributed by atoms with Gasteiger partial charge in [-0.2, -0.15) is 4.98 Å². The number of fused-ring (bicyclic) bond motifs is 1. The van der Waals surface area contributed by atoms with Crippen LogP contribution in [0, 0.1) is 5.82 Å². The first-order valence-corrected chi connectivity index (χ1v) is 6.94. The second-order valence-electron chi connectivity index (χ2n) is 3.70. The molecule has 1 aromatic carbocycles. The molecule has 2 heterocycles. The Balaban J connectivity index is 2.07. The minimum atomic E-state index is -0.477. The summed E-state index contributed by atoms with van der Waals surface area (Å²) in [6.07, 6.45) is 0. The summed E-state index contributed by atoms with van der Waals surface area (Å²) in [5.41, 5.74) is 5.60. The Morgan fingerprint density at radius 2 is 2.11 bits per heavy atom. The van der Waals surface area contributed by atoms with Gasteiger partial charge in [0.25, 0.3) is 0 Å². The van der Waals surface area contributed by atoms with Crippen LogP contribution in [0.15, 0.2) is 34.1 Å². The lowest BCUT2D eigenvalue weighted by atomic mass is 10.3. The topological polar surface area (TPSA) is 61.0 Å². The van der Waals surface area contributed by atoms with E-state index in [0.29, 0.717) is 14.7 Å². The van der Waals surface area contributed by atoms with E-state index in [2.05, 4.69) is 25.9 Å². The number of hydrogen-bond donors (Lipinski definition) is 1. The van der Waals surface area contributed by atoms with E-state index in [-0.39, 0.29) is 17.6 Å². The average Bonchev–Trinajstić information content (AvgIpc) is 2.80. The average molecular weight is 340 g/mol. The summed E-state index contributed by atoms with van der Waals surface area (Å²) in [7, 11) is 0. The first-order valence-electron chi connectivity index (χ1n) is 5.27. The second-order valence-corrected chi connectivity index (χ2v) is 5.51. The third kappa shape index (κ3) is 2.39. The van der Waals surface area contributed by atoms with E-state index in [1.165, 1.54) is 23.5 Å². The van der Waals surface area contributed by atoms with Crippen LogP contribution in [0.1, 0.15) is 0 Å². The van der Waals surface area contributed by atoms with Crippen LogP contribution in [0.3, 0.4) is 0 Å². The van der Waals surface area contributed by atoms with Crippen LogP contribution in [0.25, 0.3) is 10.2 Å². The number of hydrogen-bond acceptors (Lipinski definition) is 5. The summed E-state index contributed by atoms with van der Waals surface area (Å²) in [5, 5.41) is 2.56. The molecule has 19 heavy (non-hydrogen) atoms. The number of nitrogens with zero attached hydrogens (tertiary/aromatic N) is 2. The lowest BCUT2D eigenvalue weighted by molar-refractivity contribution is 0.432. The molecule has 0 spiro atoms. The highest BCUT2D eigenvalue weighted by Gasteiger charge is 2.12. The summed E-state index contributed by atoms with van der Waals surface area (Å²) in [4.78, 5) is 8.79. The van der Waals surface area contributed by atoms with Crippen molar-refractivity contribution in [3.63, 3.8) is 0 Å². The van der Waals surface area contributed by atoms with E-state index in [4.69, 9.17) is 10.5 Å². The number of anilines is 1. The number of ether oxygens (including phenoxy) is 1. The van der Waals surface area contributed by atoms with E-state index in [1.54, 1.807) is 6.07 Å². The Hall–Kier alpha value is -1.73. The van der Waals surface area contributed by atoms with Crippen molar-refractivity contribution < 1.29 is 9.13 Å². The number of benzene rings is 1. The van der Waals surface area contributed by atoms with Crippen LogP contribution in [-0.2, 0) is 0 Å². The molecule has 7 heteroatoms. The van der Waals surface area contributed by atoms with Crippen molar-refractivity contribution in [2.75, 3.05) is 5.73 Å². The highest BCUT2D eigenvalue weighted by molar-refractivity contribution is 9.10. The van der Waals surface area contributed by atoms with Gasteiger partial charge in [-0.3, -0.25) is 0 Å². The van der Waals surface area contributed by atoms with Gasteiger partial charge >= 0.3 is 0 Å². The zero-order valence-electron chi connectivity index (χ0n) is 9.43. The number of nitrogens with two attached hydrogens (primary N) is 1. The van der Waals surface area contributed by atoms with Crippen molar-refractivity contribution in [2.24, 2.45) is 0 Å². The van der Waals surface area contributed by atoms with Gasteiger partial charge in [0.05, 0.1) is 5.39 Å². The van der Waals surface area contributed by atoms with Crippen molar-refractivity contribution >= 4 is 43.4 Å². The van der Waals surface area contributed by atoms with Gasteiger partial charge in [-0.05, 0) is 29.6 Å². The predicted molar refractivity (Wildman–Crippen MR) is 76.0 cm³/mol. The SMILES string of the molecule is Nc1nc(Oc2ccc(Br)cc2F)c2ccsc2n1. The van der Waals surface area contributed by atoms with Crippen LogP contribution in [0.2, 0.25) is 0 Å². The molecule has 0 amide bonds. The second kappa shape index (κ2) is 4.75. The summed E-state index contributed by atoms with van der Waals surface area (Å²) < 4.78 is 19.9. The molecule has 2 aromatic heterocycles. The van der Waals surface area contributed by atoms with Crippen LogP contribution in [0.5, 0.6) is 11.6 Å². The standard InChI is InChI=1S/C12H7BrFN3OS/c13-6-1-2-9(8(14)5-6)18-10-7-3-4-19-11(7)17-12(15)16-10/h1-5H,(H2,15,16,17). The molecule has 0 aliphatic carbocycles. The van der Waals surface area contributed by atoms with Gasteiger partial charge in [-0.1, -0.05) is 15.9 Å². The third-order valence-electron chi connectivity index (χ3n) is 2.41. The first kappa shape index (κ1) is 12.3. The van der Waals surface area contributed by atoms with Crippen LogP contribution < -0.4 is 10.5 Å². The minimum Gasteiger partial charge on any atom is -0.435 e. The molecule has 0 fully saturated rings. The van der Waals surface area contributed by atoms with E-state index in [1.807, 2.05) is 11.4 Å². The van der Waals surface area contributed by atoms with Gasteiger partial charge < -0.3 is 10.5 Å². The van der Waals surface area contributed by atoms with E-state index < -0.39 is 5.82 Å². The van der Waals surface area contributed by atoms with Gasteiger partial charge in [0.15, 0.2) is 11.6 Å². The molecule has 2 N–H and O–H groups in total. The fraction of sp³-hybridized carbons (Fsp3) is 0. The van der Waals surface area contributed by atoms with Gasteiger partial charge in [-0.25, -0.2) is 9.37 Å². The number of halogens is 2. The van der Waals surface area contributed by atoms with Gasteiger partial charge in [-0.15, -0.1) is 11.3 Å². The zero-order valence-corrected chi connectivity index (χ0v) is 11.8. The molecule has 0 aliphatic heterocycles. The molecule has 0 saturated heterocycles. The van der Waals surface area contributed by atoms with E-state index >= 15 is 0 Å². The number of nitrogen functional groups attached to an aromatic ring is 1. The third-order valence-corrected chi connectivity index (χ3v) is 3.71. The number of rotatable bonds is 2. The highest BCUT2D eigenvalue weighted by atomic mass is 79.9. The maximum Gasteiger partial charge on any atom is 0.233 e. The Bertz CT molecular complexity index is 762. The molecule has 0 bridgehead atoms. The van der Waals surface area contributed by atoms with Crippen LogP contribution in [-0.4, -0.2) is 9.97 Å². The Labute approximate surface area is 120 Å². The molecule has 0 aliphatic rings. The van der Waals surface area contributed by atoms with Gasteiger partial charge in [0, 0.05) is 4.47 Å². The Morgan fingerprint density at radius 1 is 1.26 bits per heavy atom. The summed E-state index contributed by atoms with van der Waals surface area (Å²) in [6, 6.07) is 6.35. The molecule has 96 valence electrons. The lowest BCUT2D eigenvalue weighted by Crippen LogP contribution is -1.98. The maximum atomic E-state index is 13.7. The molecule has 4 nitrogen and oxygen atoms in total. The van der Waals surface area contributed by atoms with Crippen molar-refractivity contribution in [1.82, 2.24) is 9.97 Å². The zero-order chi connectivity index (χ0) is 13.4. The maximum absolute atomic E-state index is 13.7. The number of thiophene rings is 1. The van der Waals surface area contributed by atoms with Crippen LogP contribution in [0.4, 0.5) is 10.3 Å². The molecular formula is C12H7BrFN3OS. The minimum absolute atomic E-state index is 0.0915. The van der Waals surface area contributed by atoms with E-state index in [0.717, 1.165) is 0 Å². The van der Waals surface area contributed by atoms with Crippen molar-refractivity contribution in [3.05, 3.63) is 39.9 Å². The molecule has 0 saturated carbocycles. The fourth-order valence-corrected chi connectivity index (χ4v) is 2.68. The largest absolute Gasteiger partial charge is 0.435 e. The lowest BCUT2D eigenvalue weighted by Gasteiger charge is -2.07. The quantitative estimate of drug-likeness (QED) is 0.767. The summed E-state index contributed by atoms with van der Waals surface area (Å²) in [5.74, 6) is -0.0313. The molecule has 3 rings (SSSR count). The van der Waals surface area contributed by atoms with Crippen molar-refractivity contribution in [1.29, 1.82) is 0 Å². The predicted octanol–water partition coefficient (Wildman–Crippen LogP) is 3.97. The van der Waals surface area contributed by atoms with E-state index in [9.17, 15) is 4.39 Å². The van der Waals surface area contributed by atoms with Gasteiger partial charge in [0.2, 0.25) is 11.8 Å². The number of aromatic nitrogens is 2. The normalized spacial score (nSPS) is 10.8. The molecular weight excluding hydrogens is 333 g/mol. The monoisotopic (exact) mass is 339 g/mol. The van der Waals surface area contributed by atoms with Gasteiger partial charge in [0.1, 0.15) is 4.83 Å². The van der Waals surface area contributed by atoms with Crippen LogP contribution >= 0.6 is 27.3 Å². The Morgan fingerprint density at radius 3 is 2.89 bits per heavy atom. The van der Waals surface area contributed by atoms with Crippen molar-refractivity contribution in [2.45, 2.75) is 0 Å². The molecule has 0 unspecified atom stereocenters. The highest BCUT2D eigenvalue weighted by Crippen LogP contribution is 2.32. The summed E-state index contributed by atoms with van der Waals surface area (Å²) in [6.45, 7) is 0.